The third-order valence-electron chi connectivity index (χ3n) is 5.31. The third-order valence-corrected chi connectivity index (χ3v) is 8.19. The van der Waals surface area contributed by atoms with Crippen molar-refractivity contribution < 1.29 is 35.3 Å². The highest BCUT2D eigenvalue weighted by atomic mass is 35.5. The summed E-state index contributed by atoms with van der Waals surface area (Å²) < 4.78 is 62.9. The molecule has 0 fully saturated rings. The van der Waals surface area contributed by atoms with Crippen molar-refractivity contribution in [2.75, 3.05) is 25.1 Å². The molecule has 0 aromatic heterocycles. The molecule has 0 heterocycles. The molecule has 0 aliphatic rings. The Balaban J connectivity index is 1.74. The van der Waals surface area contributed by atoms with E-state index in [9.17, 15) is 26.4 Å². The van der Waals surface area contributed by atoms with Gasteiger partial charge in [0.25, 0.3) is 10.1 Å². The predicted molar refractivity (Wildman–Crippen MR) is 146 cm³/mol. The molecule has 0 radical (unpaired) electrons. The maximum Gasteiger partial charge on any atom is 0.338 e. The summed E-state index contributed by atoms with van der Waals surface area (Å²) in [6.07, 6.45) is 0. The van der Waals surface area contributed by atoms with Crippen LogP contribution in [0.1, 0.15) is 22.8 Å². The second-order valence-electron chi connectivity index (χ2n) is 8.26. The van der Waals surface area contributed by atoms with Crippen molar-refractivity contribution in [3.8, 4) is 0 Å². The number of esters is 1. The van der Waals surface area contributed by atoms with Gasteiger partial charge in [0.05, 0.1) is 29.6 Å². The van der Waals surface area contributed by atoms with Crippen LogP contribution < -0.4 is 10.0 Å². The first-order chi connectivity index (χ1) is 18.5. The van der Waals surface area contributed by atoms with Crippen molar-refractivity contribution in [1.29, 1.82) is 0 Å². The van der Waals surface area contributed by atoms with E-state index in [2.05, 4.69) is 10.0 Å². The van der Waals surface area contributed by atoms with Crippen molar-refractivity contribution in [2.24, 2.45) is 5.92 Å². The summed E-state index contributed by atoms with van der Waals surface area (Å²) in [4.78, 5) is 24.8. The normalized spacial score (nSPS) is 12.5. The fourth-order valence-electron chi connectivity index (χ4n) is 3.29. The van der Waals surface area contributed by atoms with Gasteiger partial charge in [-0.1, -0.05) is 41.9 Å². The van der Waals surface area contributed by atoms with Crippen LogP contribution in [0.3, 0.4) is 0 Å². The standard InChI is InChI=1S/C26H27ClN2O8S2/c1-2-36-26(31)20-8-12-23(13-9-20)29-25(30)21(16-28-39(34,35)24-14-10-22(27)11-15-24)17-37-38(32,33)18-19-6-4-3-5-7-19/h3-15,21,28H,2,16-18H2,1H3,(H,29,30). The first-order valence-corrected chi connectivity index (χ1v) is 15.2. The van der Waals surface area contributed by atoms with Crippen LogP contribution in [0.4, 0.5) is 5.69 Å². The van der Waals surface area contributed by atoms with Crippen molar-refractivity contribution in [3.05, 3.63) is 95.0 Å². The molecular weight excluding hydrogens is 568 g/mol. The van der Waals surface area contributed by atoms with Crippen molar-refractivity contribution in [3.63, 3.8) is 0 Å². The number of anilines is 1. The molecule has 1 atom stereocenters. The SMILES string of the molecule is CCOC(=O)c1ccc(NC(=O)C(CNS(=O)(=O)c2ccc(Cl)cc2)COS(=O)(=O)Cc2ccccc2)cc1. The van der Waals surface area contributed by atoms with Gasteiger partial charge in [0.1, 0.15) is 5.75 Å². The first kappa shape index (κ1) is 30.3. The van der Waals surface area contributed by atoms with E-state index in [4.69, 9.17) is 20.5 Å². The Bertz CT molecular complexity index is 1480. The molecule has 3 aromatic carbocycles. The monoisotopic (exact) mass is 594 g/mol. The average molecular weight is 595 g/mol. The van der Waals surface area contributed by atoms with Gasteiger partial charge in [-0.25, -0.2) is 17.9 Å². The summed E-state index contributed by atoms with van der Waals surface area (Å²) in [5.74, 6) is -2.88. The maximum absolute atomic E-state index is 13.1. The fraction of sp³-hybridized carbons (Fsp3) is 0.231. The molecule has 10 nitrogen and oxygen atoms in total. The van der Waals surface area contributed by atoms with E-state index in [0.29, 0.717) is 16.3 Å². The number of benzene rings is 3. The van der Waals surface area contributed by atoms with Gasteiger partial charge in [-0.3, -0.25) is 8.98 Å². The Hall–Kier alpha value is -3.29. The molecule has 0 bridgehead atoms. The maximum atomic E-state index is 13.1. The molecule has 2 N–H and O–H groups in total. The van der Waals surface area contributed by atoms with Crippen LogP contribution in [0.15, 0.2) is 83.8 Å². The summed E-state index contributed by atoms with van der Waals surface area (Å²) in [6.45, 7) is 0.803. The van der Waals surface area contributed by atoms with Crippen molar-refractivity contribution >= 4 is 49.3 Å². The van der Waals surface area contributed by atoms with Crippen LogP contribution >= 0.6 is 11.6 Å². The molecule has 1 amide bonds. The lowest BCUT2D eigenvalue weighted by Crippen LogP contribution is -2.38. The predicted octanol–water partition coefficient (Wildman–Crippen LogP) is 3.60. The van der Waals surface area contributed by atoms with Crippen LogP contribution in [-0.4, -0.2) is 48.5 Å². The molecular formula is C26H27ClN2O8S2. The number of hydrogen-bond donors (Lipinski definition) is 2. The summed E-state index contributed by atoms with van der Waals surface area (Å²) >= 11 is 5.83. The van der Waals surface area contributed by atoms with Crippen molar-refractivity contribution in [2.45, 2.75) is 17.6 Å². The summed E-state index contributed by atoms with van der Waals surface area (Å²) in [5, 5.41) is 2.94. The second kappa shape index (κ2) is 13.7. The van der Waals surface area contributed by atoms with Gasteiger partial charge >= 0.3 is 5.97 Å². The molecule has 3 aromatic rings. The van der Waals surface area contributed by atoms with E-state index >= 15 is 0 Å². The number of ether oxygens (including phenoxy) is 1. The molecule has 1 unspecified atom stereocenters. The van der Waals surface area contributed by atoms with E-state index in [1.807, 2.05) is 0 Å². The quantitative estimate of drug-likeness (QED) is 0.226. The second-order valence-corrected chi connectivity index (χ2v) is 12.1. The Labute approximate surface area is 232 Å². The van der Waals surface area contributed by atoms with Crippen LogP contribution in [-0.2, 0) is 39.6 Å². The molecule has 0 aliphatic carbocycles. The largest absolute Gasteiger partial charge is 0.462 e. The zero-order chi connectivity index (χ0) is 28.5. The Kier molecular flexibility index (Phi) is 10.6. The van der Waals surface area contributed by atoms with Gasteiger partial charge in [-0.2, -0.15) is 8.42 Å². The number of sulfonamides is 1. The lowest BCUT2D eigenvalue weighted by Gasteiger charge is -2.18. The third kappa shape index (κ3) is 9.44. The minimum Gasteiger partial charge on any atom is -0.462 e. The topological polar surface area (TPSA) is 145 Å². The van der Waals surface area contributed by atoms with Crippen LogP contribution in [0.25, 0.3) is 0 Å². The van der Waals surface area contributed by atoms with Crippen LogP contribution in [0, 0.1) is 5.92 Å². The zero-order valence-electron chi connectivity index (χ0n) is 20.9. The molecule has 0 spiro atoms. The van der Waals surface area contributed by atoms with Crippen molar-refractivity contribution in [1.82, 2.24) is 4.72 Å². The average Bonchev–Trinajstić information content (AvgIpc) is 2.89. The summed E-state index contributed by atoms with van der Waals surface area (Å²) in [7, 11) is -8.14. The molecule has 208 valence electrons. The van der Waals surface area contributed by atoms with Gasteiger partial charge in [0.2, 0.25) is 15.9 Å². The highest BCUT2D eigenvalue weighted by Crippen LogP contribution is 2.17. The molecule has 0 saturated carbocycles. The van der Waals surface area contributed by atoms with Crippen LogP contribution in [0.5, 0.6) is 0 Å². The highest BCUT2D eigenvalue weighted by Gasteiger charge is 2.26. The van der Waals surface area contributed by atoms with E-state index in [1.165, 1.54) is 48.5 Å². The number of carbonyl (C=O) groups excluding carboxylic acids is 2. The Morgan fingerprint density at radius 2 is 1.54 bits per heavy atom. The molecule has 3 rings (SSSR count). The lowest BCUT2D eigenvalue weighted by molar-refractivity contribution is -0.120. The van der Waals surface area contributed by atoms with Crippen LogP contribution in [0.2, 0.25) is 5.02 Å². The number of halogens is 1. The van der Waals surface area contributed by atoms with Gasteiger partial charge in [-0.05, 0) is 61.0 Å². The minimum atomic E-state index is -4.09. The summed E-state index contributed by atoms with van der Waals surface area (Å²) in [5.41, 5.74) is 1.06. The molecule has 39 heavy (non-hydrogen) atoms. The smallest absolute Gasteiger partial charge is 0.338 e. The van der Waals surface area contributed by atoms with E-state index in [-0.39, 0.29) is 17.1 Å². The van der Waals surface area contributed by atoms with E-state index in [1.54, 1.807) is 37.3 Å². The highest BCUT2D eigenvalue weighted by molar-refractivity contribution is 7.89. The Morgan fingerprint density at radius 1 is 0.897 bits per heavy atom. The zero-order valence-corrected chi connectivity index (χ0v) is 23.3. The van der Waals surface area contributed by atoms with E-state index in [0.717, 1.165) is 0 Å². The first-order valence-electron chi connectivity index (χ1n) is 11.7. The number of nitrogens with one attached hydrogen (secondary N) is 2. The van der Waals surface area contributed by atoms with E-state index < -0.39 is 56.8 Å². The number of carbonyl (C=O) groups is 2. The number of amides is 1. The molecule has 0 aliphatic heterocycles. The Morgan fingerprint density at radius 3 is 2.15 bits per heavy atom. The fourth-order valence-corrected chi connectivity index (χ4v) is 5.55. The molecule has 13 heteroatoms. The number of rotatable bonds is 13. The van der Waals surface area contributed by atoms with Gasteiger partial charge in [0, 0.05) is 17.3 Å². The minimum absolute atomic E-state index is 0.0850. The van der Waals surface area contributed by atoms with Gasteiger partial charge in [-0.15, -0.1) is 0 Å². The summed E-state index contributed by atoms with van der Waals surface area (Å²) in [6, 6.07) is 19.6. The molecule has 0 saturated heterocycles. The lowest BCUT2D eigenvalue weighted by atomic mass is 10.1. The van der Waals surface area contributed by atoms with Gasteiger partial charge < -0.3 is 10.1 Å². The van der Waals surface area contributed by atoms with Gasteiger partial charge in [0.15, 0.2) is 0 Å². The number of hydrogen-bond acceptors (Lipinski definition) is 8.